The number of carbonyl (C=O) groups excluding carboxylic acids is 1. The third-order valence-corrected chi connectivity index (χ3v) is 8.04. The quantitative estimate of drug-likeness (QED) is 0.208. The summed E-state index contributed by atoms with van der Waals surface area (Å²) in [4.78, 5) is 19.7. The number of halogens is 6. The van der Waals surface area contributed by atoms with Gasteiger partial charge in [-0.15, -0.1) is 11.3 Å². The molecule has 3 heterocycles. The van der Waals surface area contributed by atoms with Crippen LogP contribution in [0.2, 0.25) is 0 Å². The van der Waals surface area contributed by atoms with E-state index >= 15 is 0 Å². The van der Waals surface area contributed by atoms with Gasteiger partial charge in [-0.1, -0.05) is 41.5 Å². The van der Waals surface area contributed by atoms with Gasteiger partial charge in [0.15, 0.2) is 0 Å². The number of carbonyl (C=O) groups is 1. The standard InChI is InChI=1S/C23H32NOS2.F6P/c1-22(2,3)19-14-16(15-20(27-19)23(4,5)6)17-10-11-18(26-17)21(25)24-12-8-7-9-13-24;1-7(2,3,4,5)6/h10-11,14-15H,7-9,12-13H2,1-6H3;/q+1;-1. The molecule has 2 aromatic heterocycles. The number of hydrogen-bond acceptors (Lipinski definition) is 2. The third-order valence-electron chi connectivity index (χ3n) is 5.02. The molecule has 0 bridgehead atoms. The van der Waals surface area contributed by atoms with Crippen molar-refractivity contribution in [2.75, 3.05) is 13.1 Å². The maximum atomic E-state index is 12.8. The molecule has 1 aliphatic heterocycles. The molecule has 1 saturated heterocycles. The fourth-order valence-electron chi connectivity index (χ4n) is 3.24. The minimum atomic E-state index is -10.7. The van der Waals surface area contributed by atoms with E-state index in [-0.39, 0.29) is 16.7 Å². The van der Waals surface area contributed by atoms with E-state index in [0.717, 1.165) is 30.8 Å². The van der Waals surface area contributed by atoms with E-state index in [1.807, 2.05) is 22.3 Å². The normalized spacial score (nSPS) is 17.4. The van der Waals surface area contributed by atoms with Gasteiger partial charge in [0, 0.05) is 46.5 Å². The van der Waals surface area contributed by atoms with Gasteiger partial charge in [0.1, 0.15) is 0 Å². The van der Waals surface area contributed by atoms with Crippen LogP contribution in [0.3, 0.4) is 0 Å². The summed E-state index contributed by atoms with van der Waals surface area (Å²) in [7, 11) is -10.7. The molecule has 3 rings (SSSR count). The van der Waals surface area contributed by atoms with E-state index in [1.54, 1.807) is 11.3 Å². The molecule has 2 aromatic rings. The Hall–Kier alpha value is -1.25. The van der Waals surface area contributed by atoms with E-state index in [9.17, 15) is 30.0 Å². The van der Waals surface area contributed by atoms with Gasteiger partial charge in [-0.2, -0.15) is 0 Å². The number of rotatable bonds is 2. The van der Waals surface area contributed by atoms with Crippen LogP contribution >= 0.6 is 30.5 Å². The first kappa shape index (κ1) is 29.0. The van der Waals surface area contributed by atoms with Crippen LogP contribution in [-0.2, 0) is 10.8 Å². The van der Waals surface area contributed by atoms with Crippen LogP contribution in [0.15, 0.2) is 24.3 Å². The maximum absolute atomic E-state index is 12.8. The summed E-state index contributed by atoms with van der Waals surface area (Å²) in [5.74, 6) is 0.205. The van der Waals surface area contributed by atoms with Gasteiger partial charge < -0.3 is 4.90 Å². The van der Waals surface area contributed by atoms with E-state index in [1.165, 1.54) is 26.6 Å². The molecule has 1 amide bonds. The third kappa shape index (κ3) is 10.2. The molecule has 0 radical (unpaired) electrons. The molecule has 0 saturated carbocycles. The second-order valence-corrected chi connectivity index (χ2v) is 14.6. The molecule has 34 heavy (non-hydrogen) atoms. The number of piperidine rings is 1. The van der Waals surface area contributed by atoms with Gasteiger partial charge in [0.05, 0.1) is 4.88 Å². The Morgan fingerprint density at radius 1 is 0.853 bits per heavy atom. The number of thiophene rings is 1. The van der Waals surface area contributed by atoms with E-state index < -0.39 is 7.81 Å². The zero-order valence-electron chi connectivity index (χ0n) is 20.2. The van der Waals surface area contributed by atoms with Crippen LogP contribution in [0.5, 0.6) is 0 Å². The Labute approximate surface area is 205 Å². The van der Waals surface area contributed by atoms with Gasteiger partial charge in [-0.3, -0.25) is 4.79 Å². The van der Waals surface area contributed by atoms with Crippen molar-refractivity contribution >= 4 is 36.4 Å². The van der Waals surface area contributed by atoms with Crippen LogP contribution in [0.4, 0.5) is 25.2 Å². The van der Waals surface area contributed by atoms with Crippen molar-refractivity contribution in [1.29, 1.82) is 0 Å². The van der Waals surface area contributed by atoms with Crippen LogP contribution < -0.4 is 0 Å². The molecule has 2 nitrogen and oxygen atoms in total. The summed E-state index contributed by atoms with van der Waals surface area (Å²) >= 11 is 3.55. The monoisotopic (exact) mass is 547 g/mol. The van der Waals surface area contributed by atoms with E-state index in [0.29, 0.717) is 0 Å². The summed E-state index contributed by atoms with van der Waals surface area (Å²) < 4.78 is 59.2. The van der Waals surface area contributed by atoms with E-state index in [4.69, 9.17) is 0 Å². The first-order valence-electron chi connectivity index (χ1n) is 11.0. The summed E-state index contributed by atoms with van der Waals surface area (Å²) in [5, 5.41) is 0. The number of nitrogens with zero attached hydrogens (tertiary/aromatic N) is 1. The molecular formula is C23H32F6NOPS2. The van der Waals surface area contributed by atoms with Gasteiger partial charge in [0.25, 0.3) is 5.91 Å². The molecule has 0 aromatic carbocycles. The summed E-state index contributed by atoms with van der Waals surface area (Å²) in [5.41, 5.74) is 1.47. The number of hydrogen-bond donors (Lipinski definition) is 0. The van der Waals surface area contributed by atoms with Gasteiger partial charge >= 0.3 is 33.0 Å². The van der Waals surface area contributed by atoms with Gasteiger partial charge in [-0.05, 0) is 31.4 Å². The van der Waals surface area contributed by atoms with Crippen molar-refractivity contribution in [3.8, 4) is 10.4 Å². The first-order chi connectivity index (χ1) is 15.0. The zero-order chi connectivity index (χ0) is 26.2. The Kier molecular flexibility index (Phi) is 7.67. The first-order valence-corrected chi connectivity index (χ1v) is 14.6. The fraction of sp³-hybridized carbons (Fsp3) is 0.565. The minimum absolute atomic E-state index is 0.115. The van der Waals surface area contributed by atoms with Crippen LogP contribution in [0, 0.1) is 0 Å². The summed E-state index contributed by atoms with van der Waals surface area (Å²) in [6, 6.07) is 8.78. The van der Waals surface area contributed by atoms with Crippen LogP contribution in [0.1, 0.15) is 80.2 Å². The average Bonchev–Trinajstić information content (AvgIpc) is 3.14. The molecule has 0 spiro atoms. The van der Waals surface area contributed by atoms with Gasteiger partial charge in [0.2, 0.25) is 21.1 Å². The molecule has 0 unspecified atom stereocenters. The second kappa shape index (κ2) is 9.00. The van der Waals surface area contributed by atoms with Crippen molar-refractivity contribution < 1.29 is 30.0 Å². The van der Waals surface area contributed by atoms with Crippen LogP contribution in [0.25, 0.3) is 10.4 Å². The van der Waals surface area contributed by atoms with Crippen molar-refractivity contribution in [3.05, 3.63) is 38.9 Å². The Morgan fingerprint density at radius 2 is 1.29 bits per heavy atom. The number of likely N-dealkylation sites (tertiary alicyclic amines) is 1. The SMILES string of the molecule is CC(C)(C)c1cc(-c2ccc(C(=O)N3CCCCC3)s2)cc(C(C)(C)C)[s+]1.F[P-](F)(F)(F)(F)F. The van der Waals surface area contributed by atoms with Gasteiger partial charge in [-0.25, -0.2) is 0 Å². The summed E-state index contributed by atoms with van der Waals surface area (Å²) in [6.07, 6.45) is 3.51. The summed E-state index contributed by atoms with van der Waals surface area (Å²) in [6.45, 7) is 15.4. The fourth-order valence-corrected chi connectivity index (χ4v) is 5.43. The van der Waals surface area contributed by atoms with Crippen molar-refractivity contribution in [2.24, 2.45) is 0 Å². The molecule has 11 heteroatoms. The molecule has 194 valence electrons. The van der Waals surface area contributed by atoms with Crippen molar-refractivity contribution in [3.63, 3.8) is 0 Å². The topological polar surface area (TPSA) is 20.3 Å². The molecule has 0 N–H and O–H groups in total. The Morgan fingerprint density at radius 3 is 1.71 bits per heavy atom. The molecular weight excluding hydrogens is 515 g/mol. The van der Waals surface area contributed by atoms with Crippen LogP contribution in [-0.4, -0.2) is 23.9 Å². The van der Waals surface area contributed by atoms with Crippen molar-refractivity contribution in [1.82, 2.24) is 4.90 Å². The predicted molar refractivity (Wildman–Crippen MR) is 133 cm³/mol. The molecule has 0 aliphatic carbocycles. The Bertz CT molecular complexity index is 987. The molecule has 0 atom stereocenters. The Balaban J connectivity index is 0.000000509. The average molecular weight is 548 g/mol. The van der Waals surface area contributed by atoms with E-state index in [2.05, 4.69) is 59.7 Å². The molecule has 1 fully saturated rings. The second-order valence-electron chi connectivity index (χ2n) is 10.5. The molecule has 1 aliphatic rings. The zero-order valence-corrected chi connectivity index (χ0v) is 22.8. The van der Waals surface area contributed by atoms with Crippen molar-refractivity contribution in [2.45, 2.75) is 71.6 Å². The predicted octanol–water partition coefficient (Wildman–Crippen LogP) is 10.4. The number of amides is 1.